The van der Waals surface area contributed by atoms with Crippen molar-refractivity contribution in [3.8, 4) is 11.5 Å². The minimum Gasteiger partial charge on any atom is -0.504 e. The molecular weight excluding hydrogens is 409 g/mol. The first-order valence-corrected chi connectivity index (χ1v) is 8.12. The van der Waals surface area contributed by atoms with E-state index >= 15 is 0 Å². The molecule has 0 bridgehead atoms. The first kappa shape index (κ1) is 19.4. The van der Waals surface area contributed by atoms with Gasteiger partial charge < -0.3 is 15.2 Å². The van der Waals surface area contributed by atoms with Crippen LogP contribution in [0.5, 0.6) is 11.5 Å². The summed E-state index contributed by atoms with van der Waals surface area (Å²) in [6.07, 6.45) is 0.751. The van der Waals surface area contributed by atoms with Crippen LogP contribution in [0.1, 0.15) is 12.0 Å². The normalized spacial score (nSPS) is 10.6. The van der Waals surface area contributed by atoms with Crippen LogP contribution >= 0.6 is 15.9 Å². The number of hydrogen-bond acceptors (Lipinski definition) is 5. The van der Waals surface area contributed by atoms with Gasteiger partial charge in [0, 0.05) is 15.7 Å². The minimum atomic E-state index is -0.651. The van der Waals surface area contributed by atoms with Gasteiger partial charge >= 0.3 is 0 Å². The fourth-order valence-corrected chi connectivity index (χ4v) is 2.40. The Morgan fingerprint density at radius 2 is 1.96 bits per heavy atom. The van der Waals surface area contributed by atoms with Crippen molar-refractivity contribution in [3.63, 3.8) is 0 Å². The number of hydrazone groups is 1. The second-order valence-corrected chi connectivity index (χ2v) is 5.99. The summed E-state index contributed by atoms with van der Waals surface area (Å²) in [4.78, 5) is 23.5. The van der Waals surface area contributed by atoms with Crippen LogP contribution in [0.3, 0.4) is 0 Å². The Kier molecular flexibility index (Phi) is 6.67. The molecule has 0 atom stereocenters. The Hall–Kier alpha value is -2.94. The van der Waals surface area contributed by atoms with Gasteiger partial charge in [-0.3, -0.25) is 9.59 Å². The summed E-state index contributed by atoms with van der Waals surface area (Å²) in [7, 11) is 1.41. The highest BCUT2D eigenvalue weighted by molar-refractivity contribution is 9.10. The predicted octanol–water partition coefficient (Wildman–Crippen LogP) is 2.78. The van der Waals surface area contributed by atoms with Crippen LogP contribution < -0.4 is 15.5 Å². The zero-order valence-corrected chi connectivity index (χ0v) is 15.2. The van der Waals surface area contributed by atoms with Crippen molar-refractivity contribution >= 4 is 39.6 Å². The molecule has 136 valence electrons. The Labute approximate surface area is 157 Å². The van der Waals surface area contributed by atoms with Gasteiger partial charge in [0.25, 0.3) is 0 Å². The summed E-state index contributed by atoms with van der Waals surface area (Å²) in [5.41, 5.74) is 2.87. The molecule has 2 rings (SSSR count). The standard InChI is InChI=1S/C17H15BrFN3O4/c1-26-14-7-11(18)6-10(17(14)25)9-20-22-16(24)8-15(23)21-13-4-2-12(19)3-5-13/h2-7,9,25H,8H2,1H3,(H,21,23)(H,22,24). The van der Waals surface area contributed by atoms with Crippen molar-refractivity contribution in [2.45, 2.75) is 6.42 Å². The quantitative estimate of drug-likeness (QED) is 0.377. The average Bonchev–Trinajstić information content (AvgIpc) is 2.59. The van der Waals surface area contributed by atoms with Gasteiger partial charge in [-0.2, -0.15) is 5.10 Å². The summed E-state index contributed by atoms with van der Waals surface area (Å²) in [6, 6.07) is 8.30. The topological polar surface area (TPSA) is 100 Å². The molecule has 7 nitrogen and oxygen atoms in total. The smallest absolute Gasteiger partial charge is 0.249 e. The maximum Gasteiger partial charge on any atom is 0.249 e. The van der Waals surface area contributed by atoms with Crippen LogP contribution in [0.2, 0.25) is 0 Å². The van der Waals surface area contributed by atoms with Gasteiger partial charge in [-0.25, -0.2) is 9.82 Å². The van der Waals surface area contributed by atoms with E-state index < -0.39 is 24.1 Å². The first-order valence-electron chi connectivity index (χ1n) is 7.33. The molecule has 3 N–H and O–H groups in total. The number of nitrogens with one attached hydrogen (secondary N) is 2. The number of methoxy groups -OCH3 is 1. The van der Waals surface area contributed by atoms with Crippen LogP contribution in [0.15, 0.2) is 46.0 Å². The lowest BCUT2D eigenvalue weighted by Crippen LogP contribution is -2.24. The van der Waals surface area contributed by atoms with Crippen molar-refractivity contribution in [1.82, 2.24) is 5.43 Å². The summed E-state index contributed by atoms with van der Waals surface area (Å²) in [5, 5.41) is 16.1. The van der Waals surface area contributed by atoms with E-state index in [4.69, 9.17) is 4.74 Å². The molecule has 2 aromatic rings. The first-order chi connectivity index (χ1) is 12.4. The van der Waals surface area contributed by atoms with Crippen LogP contribution in [0.4, 0.5) is 10.1 Å². The molecule has 0 aliphatic rings. The van der Waals surface area contributed by atoms with Crippen LogP contribution in [-0.4, -0.2) is 30.2 Å². The molecule has 0 unspecified atom stereocenters. The fraction of sp³-hybridized carbons (Fsp3) is 0.118. The lowest BCUT2D eigenvalue weighted by atomic mass is 10.2. The Morgan fingerprint density at radius 1 is 1.27 bits per heavy atom. The van der Waals surface area contributed by atoms with E-state index in [2.05, 4.69) is 31.8 Å². The molecule has 0 saturated carbocycles. The molecule has 0 spiro atoms. The number of halogens is 2. The second kappa shape index (κ2) is 8.95. The molecule has 0 aliphatic heterocycles. The van der Waals surface area contributed by atoms with E-state index in [0.717, 1.165) is 0 Å². The zero-order valence-electron chi connectivity index (χ0n) is 13.6. The molecule has 0 aliphatic carbocycles. The number of phenols is 1. The molecular formula is C17H15BrFN3O4. The average molecular weight is 424 g/mol. The number of aromatic hydroxyl groups is 1. The maximum atomic E-state index is 12.8. The lowest BCUT2D eigenvalue weighted by molar-refractivity contribution is -0.126. The summed E-state index contributed by atoms with van der Waals surface area (Å²) < 4.78 is 18.4. The van der Waals surface area contributed by atoms with Crippen molar-refractivity contribution in [1.29, 1.82) is 0 Å². The van der Waals surface area contributed by atoms with Crippen LogP contribution in [0, 0.1) is 5.82 Å². The molecule has 0 saturated heterocycles. The number of carbonyl (C=O) groups is 2. The highest BCUT2D eigenvalue weighted by atomic mass is 79.9. The molecule has 0 radical (unpaired) electrons. The second-order valence-electron chi connectivity index (χ2n) is 5.07. The Bertz CT molecular complexity index is 841. The van der Waals surface area contributed by atoms with E-state index in [1.165, 1.54) is 37.6 Å². The van der Waals surface area contributed by atoms with Gasteiger partial charge in [0.05, 0.1) is 13.3 Å². The number of anilines is 1. The third kappa shape index (κ3) is 5.55. The van der Waals surface area contributed by atoms with Crippen molar-refractivity contribution < 1.29 is 23.8 Å². The zero-order chi connectivity index (χ0) is 19.1. The van der Waals surface area contributed by atoms with Gasteiger partial charge in [-0.1, -0.05) is 15.9 Å². The third-order valence-electron chi connectivity index (χ3n) is 3.13. The molecule has 26 heavy (non-hydrogen) atoms. The number of amides is 2. The van der Waals surface area contributed by atoms with E-state index in [-0.39, 0.29) is 11.5 Å². The predicted molar refractivity (Wildman–Crippen MR) is 97.7 cm³/mol. The van der Waals surface area contributed by atoms with Crippen molar-refractivity contribution in [2.75, 3.05) is 12.4 Å². The largest absolute Gasteiger partial charge is 0.504 e. The summed E-state index contributed by atoms with van der Waals surface area (Å²) >= 11 is 3.26. The number of nitrogens with zero attached hydrogens (tertiary/aromatic N) is 1. The molecule has 0 fully saturated rings. The number of hydrogen-bond donors (Lipinski definition) is 3. The molecule has 9 heteroatoms. The van der Waals surface area contributed by atoms with Crippen molar-refractivity contribution in [2.24, 2.45) is 5.10 Å². The van der Waals surface area contributed by atoms with Crippen molar-refractivity contribution in [3.05, 3.63) is 52.3 Å². The Balaban J connectivity index is 1.90. The molecule has 0 heterocycles. The third-order valence-corrected chi connectivity index (χ3v) is 3.59. The van der Waals surface area contributed by atoms with Gasteiger partial charge in [0.15, 0.2) is 11.5 Å². The van der Waals surface area contributed by atoms with E-state index in [1.54, 1.807) is 12.1 Å². The summed E-state index contributed by atoms with van der Waals surface area (Å²) in [6.45, 7) is 0. The van der Waals surface area contributed by atoms with Crippen LogP contribution in [0.25, 0.3) is 0 Å². The van der Waals surface area contributed by atoms with Gasteiger partial charge in [-0.05, 0) is 36.4 Å². The maximum absolute atomic E-state index is 12.8. The highest BCUT2D eigenvalue weighted by Crippen LogP contribution is 2.32. The number of ether oxygens (including phenoxy) is 1. The fourth-order valence-electron chi connectivity index (χ4n) is 1.95. The molecule has 0 aromatic heterocycles. The van der Waals surface area contributed by atoms with E-state index in [0.29, 0.717) is 15.7 Å². The van der Waals surface area contributed by atoms with E-state index in [9.17, 15) is 19.1 Å². The van der Waals surface area contributed by atoms with Gasteiger partial charge in [0.1, 0.15) is 12.2 Å². The number of carbonyl (C=O) groups excluding carboxylic acids is 2. The van der Waals surface area contributed by atoms with Gasteiger partial charge in [-0.15, -0.1) is 0 Å². The number of phenolic OH excluding ortho intramolecular Hbond substituents is 1. The monoisotopic (exact) mass is 423 g/mol. The molecule has 2 amide bonds. The highest BCUT2D eigenvalue weighted by Gasteiger charge is 2.10. The number of rotatable bonds is 6. The number of benzene rings is 2. The minimum absolute atomic E-state index is 0.136. The molecule has 2 aromatic carbocycles. The SMILES string of the molecule is COc1cc(Br)cc(C=NNC(=O)CC(=O)Nc2ccc(F)cc2)c1O. The van der Waals surface area contributed by atoms with Gasteiger partial charge in [0.2, 0.25) is 11.8 Å². The van der Waals surface area contributed by atoms with Crippen LogP contribution in [-0.2, 0) is 9.59 Å². The lowest BCUT2D eigenvalue weighted by Gasteiger charge is -2.07. The van der Waals surface area contributed by atoms with E-state index in [1.807, 2.05) is 0 Å². The summed E-state index contributed by atoms with van der Waals surface area (Å²) in [5.74, 6) is -1.55. The Morgan fingerprint density at radius 3 is 2.62 bits per heavy atom.